The number of ether oxygens (including phenoxy) is 4. The molecule has 0 bridgehead atoms. The highest BCUT2D eigenvalue weighted by atomic mass is 16.7. The maximum absolute atomic E-state index is 12.3. The molecule has 1 heterocycles. The Labute approximate surface area is 167 Å². The minimum Gasteiger partial charge on any atom is -0.459 e. The molecule has 0 aliphatic carbocycles. The van der Waals surface area contributed by atoms with Crippen LogP contribution in [0, 0.1) is 0 Å². The molecule has 2 aromatic carbocycles. The van der Waals surface area contributed by atoms with E-state index in [1.54, 1.807) is 60.7 Å². The zero-order chi connectivity index (χ0) is 20.8. The monoisotopic (exact) mass is 402 g/mol. The van der Waals surface area contributed by atoms with E-state index in [2.05, 4.69) is 0 Å². The molecule has 8 heteroatoms. The molecule has 0 saturated carbocycles. The van der Waals surface area contributed by atoms with E-state index >= 15 is 0 Å². The summed E-state index contributed by atoms with van der Waals surface area (Å²) in [6.45, 7) is -0.319. The van der Waals surface area contributed by atoms with Gasteiger partial charge in [-0.05, 0) is 24.3 Å². The average molecular weight is 402 g/mol. The summed E-state index contributed by atoms with van der Waals surface area (Å²) in [5.74, 6) is -1.31. The predicted octanol–water partition coefficient (Wildman–Crippen LogP) is 1.16. The largest absolute Gasteiger partial charge is 0.459 e. The summed E-state index contributed by atoms with van der Waals surface area (Å²) in [5, 5.41) is 21.0. The van der Waals surface area contributed by atoms with Gasteiger partial charge in [-0.2, -0.15) is 0 Å². The molecule has 1 fully saturated rings. The third-order valence-electron chi connectivity index (χ3n) is 4.51. The summed E-state index contributed by atoms with van der Waals surface area (Å²) in [6.07, 6.45) is -6.44. The number of aliphatic hydroxyl groups is 2. The lowest BCUT2D eigenvalue weighted by Gasteiger charge is -2.41. The average Bonchev–Trinajstić information content (AvgIpc) is 2.77. The fourth-order valence-corrected chi connectivity index (χ4v) is 2.96. The molecular formula is C21H22O8. The van der Waals surface area contributed by atoms with Gasteiger partial charge in [0.25, 0.3) is 0 Å². The van der Waals surface area contributed by atoms with Crippen LogP contribution < -0.4 is 0 Å². The molecule has 154 valence electrons. The third kappa shape index (κ3) is 4.99. The topological polar surface area (TPSA) is 112 Å². The molecule has 0 unspecified atom stereocenters. The maximum atomic E-state index is 12.3. The summed E-state index contributed by atoms with van der Waals surface area (Å²) in [4.78, 5) is 24.5. The van der Waals surface area contributed by atoms with Gasteiger partial charge in [0.15, 0.2) is 12.4 Å². The second kappa shape index (κ2) is 9.62. The fourth-order valence-electron chi connectivity index (χ4n) is 2.96. The highest BCUT2D eigenvalue weighted by Gasteiger charge is 2.47. The fraction of sp³-hybridized carbons (Fsp3) is 0.333. The van der Waals surface area contributed by atoms with Crippen molar-refractivity contribution in [3.05, 3.63) is 71.8 Å². The summed E-state index contributed by atoms with van der Waals surface area (Å²) in [6, 6.07) is 16.5. The Balaban J connectivity index is 1.68. The first-order valence-corrected chi connectivity index (χ1v) is 9.04. The van der Waals surface area contributed by atoms with E-state index in [-0.39, 0.29) is 12.2 Å². The van der Waals surface area contributed by atoms with Crippen molar-refractivity contribution in [2.75, 3.05) is 13.7 Å². The van der Waals surface area contributed by atoms with E-state index in [0.29, 0.717) is 5.56 Å². The molecule has 0 aromatic heterocycles. The SMILES string of the molecule is CO[C@H]1O[C@H](COC(=O)c2ccccc2)[C@@H](O)[C@H](OC(=O)c2ccccc2)[C@@H]1O. The van der Waals surface area contributed by atoms with Gasteiger partial charge in [-0.15, -0.1) is 0 Å². The summed E-state index contributed by atoms with van der Waals surface area (Å²) in [5.41, 5.74) is 0.604. The normalized spacial score (nSPS) is 26.5. The van der Waals surface area contributed by atoms with Crippen LogP contribution in [0.25, 0.3) is 0 Å². The molecule has 2 aromatic rings. The van der Waals surface area contributed by atoms with E-state index in [1.165, 1.54) is 7.11 Å². The van der Waals surface area contributed by atoms with Crippen LogP contribution in [-0.4, -0.2) is 66.6 Å². The van der Waals surface area contributed by atoms with Crippen molar-refractivity contribution in [2.24, 2.45) is 0 Å². The smallest absolute Gasteiger partial charge is 0.338 e. The number of aliphatic hydroxyl groups excluding tert-OH is 2. The molecule has 0 amide bonds. The second-order valence-electron chi connectivity index (χ2n) is 6.46. The van der Waals surface area contributed by atoms with Gasteiger partial charge in [-0.3, -0.25) is 0 Å². The molecular weight excluding hydrogens is 380 g/mol. The molecule has 1 saturated heterocycles. The van der Waals surface area contributed by atoms with E-state index in [1.807, 2.05) is 0 Å². The number of hydrogen-bond acceptors (Lipinski definition) is 8. The van der Waals surface area contributed by atoms with Gasteiger partial charge >= 0.3 is 11.9 Å². The van der Waals surface area contributed by atoms with Crippen molar-refractivity contribution in [1.29, 1.82) is 0 Å². The molecule has 5 atom stereocenters. The summed E-state index contributed by atoms with van der Waals surface area (Å²) < 4.78 is 21.1. The van der Waals surface area contributed by atoms with Crippen molar-refractivity contribution in [3.8, 4) is 0 Å². The molecule has 29 heavy (non-hydrogen) atoms. The lowest BCUT2D eigenvalue weighted by Crippen LogP contribution is -2.60. The van der Waals surface area contributed by atoms with E-state index in [9.17, 15) is 19.8 Å². The van der Waals surface area contributed by atoms with Gasteiger partial charge in [-0.1, -0.05) is 36.4 Å². The second-order valence-corrected chi connectivity index (χ2v) is 6.46. The Kier molecular flexibility index (Phi) is 6.95. The Morgan fingerprint density at radius 2 is 1.45 bits per heavy atom. The van der Waals surface area contributed by atoms with Crippen LogP contribution in [0.15, 0.2) is 60.7 Å². The molecule has 8 nitrogen and oxygen atoms in total. The minimum absolute atomic E-state index is 0.263. The highest BCUT2D eigenvalue weighted by molar-refractivity contribution is 5.89. The first kappa shape index (κ1) is 20.9. The number of carbonyl (C=O) groups is 2. The summed E-state index contributed by atoms with van der Waals surface area (Å²) in [7, 11) is 1.30. The Hall–Kier alpha value is -2.78. The van der Waals surface area contributed by atoms with E-state index < -0.39 is 42.6 Å². The first-order chi connectivity index (χ1) is 14.0. The molecule has 2 N–H and O–H groups in total. The van der Waals surface area contributed by atoms with Crippen LogP contribution in [0.1, 0.15) is 20.7 Å². The number of hydrogen-bond donors (Lipinski definition) is 2. The van der Waals surface area contributed by atoms with Crippen LogP contribution >= 0.6 is 0 Å². The Morgan fingerprint density at radius 3 is 2.00 bits per heavy atom. The van der Waals surface area contributed by atoms with Crippen LogP contribution in [0.3, 0.4) is 0 Å². The van der Waals surface area contributed by atoms with Crippen LogP contribution in [0.2, 0.25) is 0 Å². The van der Waals surface area contributed by atoms with Crippen molar-refractivity contribution in [1.82, 2.24) is 0 Å². The first-order valence-electron chi connectivity index (χ1n) is 9.04. The van der Waals surface area contributed by atoms with Gasteiger partial charge in [0.1, 0.15) is 24.9 Å². The number of carbonyl (C=O) groups excluding carboxylic acids is 2. The number of rotatable bonds is 6. The minimum atomic E-state index is -1.44. The number of esters is 2. The number of methoxy groups -OCH3 is 1. The molecule has 1 aliphatic heterocycles. The van der Waals surface area contributed by atoms with Gasteiger partial charge in [-0.25, -0.2) is 9.59 Å². The molecule has 0 spiro atoms. The lowest BCUT2D eigenvalue weighted by molar-refractivity contribution is -0.293. The van der Waals surface area contributed by atoms with Gasteiger partial charge in [0.05, 0.1) is 11.1 Å². The third-order valence-corrected chi connectivity index (χ3v) is 4.51. The maximum Gasteiger partial charge on any atom is 0.338 e. The quantitative estimate of drug-likeness (QED) is 0.693. The predicted molar refractivity (Wildman–Crippen MR) is 100 cm³/mol. The van der Waals surface area contributed by atoms with Crippen molar-refractivity contribution >= 4 is 11.9 Å². The van der Waals surface area contributed by atoms with Crippen molar-refractivity contribution in [3.63, 3.8) is 0 Å². The van der Waals surface area contributed by atoms with Crippen LogP contribution in [0.5, 0.6) is 0 Å². The van der Waals surface area contributed by atoms with Crippen LogP contribution in [-0.2, 0) is 18.9 Å². The lowest BCUT2D eigenvalue weighted by atomic mass is 9.99. The Bertz CT molecular complexity index is 810. The van der Waals surface area contributed by atoms with Crippen molar-refractivity contribution < 1.29 is 38.7 Å². The molecule has 1 aliphatic rings. The molecule has 0 radical (unpaired) electrons. The van der Waals surface area contributed by atoms with Crippen LogP contribution in [0.4, 0.5) is 0 Å². The van der Waals surface area contributed by atoms with Gasteiger partial charge in [0, 0.05) is 7.11 Å². The number of benzene rings is 2. The van der Waals surface area contributed by atoms with E-state index in [4.69, 9.17) is 18.9 Å². The van der Waals surface area contributed by atoms with E-state index in [0.717, 1.165) is 0 Å². The standard InChI is InChI=1S/C21H22O8/c1-26-21-17(23)18(29-20(25)14-10-6-3-7-11-14)16(22)15(28-21)12-27-19(24)13-8-4-2-5-9-13/h2-11,15-18,21-23H,12H2,1H3/t15-,16-,17+,18+,21+/m1/s1. The van der Waals surface area contributed by atoms with Crippen molar-refractivity contribution in [2.45, 2.75) is 30.7 Å². The zero-order valence-corrected chi connectivity index (χ0v) is 15.7. The van der Waals surface area contributed by atoms with Gasteiger partial charge in [0.2, 0.25) is 0 Å². The molecule has 3 rings (SSSR count). The summed E-state index contributed by atoms with van der Waals surface area (Å²) >= 11 is 0. The highest BCUT2D eigenvalue weighted by Crippen LogP contribution is 2.25. The zero-order valence-electron chi connectivity index (χ0n) is 15.7. The Morgan fingerprint density at radius 1 is 0.897 bits per heavy atom. The van der Waals surface area contributed by atoms with Gasteiger partial charge < -0.3 is 29.2 Å².